The molecular formula is C26H25NO3S. The van der Waals surface area contributed by atoms with Gasteiger partial charge in [0.1, 0.15) is 11.8 Å². The molecule has 0 bridgehead atoms. The van der Waals surface area contributed by atoms with Gasteiger partial charge in [0.05, 0.1) is 5.57 Å². The van der Waals surface area contributed by atoms with Crippen molar-refractivity contribution >= 4 is 34.5 Å². The van der Waals surface area contributed by atoms with Gasteiger partial charge in [-0.05, 0) is 60.5 Å². The lowest BCUT2D eigenvalue weighted by Gasteiger charge is -2.24. The van der Waals surface area contributed by atoms with Crippen LogP contribution in [0.2, 0.25) is 0 Å². The molecular weight excluding hydrogens is 406 g/mol. The quantitative estimate of drug-likeness (QED) is 0.308. The Morgan fingerprint density at radius 3 is 2.35 bits per heavy atom. The molecule has 0 spiro atoms. The first kappa shape index (κ1) is 21.1. The molecule has 4 rings (SSSR count). The summed E-state index contributed by atoms with van der Waals surface area (Å²) in [6.45, 7) is 8.03. The molecule has 1 N–H and O–H groups in total. The molecule has 1 atom stereocenters. The average molecular weight is 432 g/mol. The summed E-state index contributed by atoms with van der Waals surface area (Å²) in [7, 11) is 0. The monoisotopic (exact) mass is 431 g/mol. The predicted octanol–water partition coefficient (Wildman–Crippen LogP) is 6.11. The Bertz CT molecular complexity index is 1170. The van der Waals surface area contributed by atoms with Crippen LogP contribution >= 0.6 is 11.3 Å². The summed E-state index contributed by atoms with van der Waals surface area (Å²) >= 11 is 1.46. The number of amides is 1. The van der Waals surface area contributed by atoms with E-state index in [1.165, 1.54) is 16.2 Å². The lowest BCUT2D eigenvalue weighted by Crippen LogP contribution is -2.29. The average Bonchev–Trinajstić information content (AvgIpc) is 3.36. The van der Waals surface area contributed by atoms with Crippen molar-refractivity contribution in [3.8, 4) is 0 Å². The molecule has 31 heavy (non-hydrogen) atoms. The molecule has 2 heterocycles. The third kappa shape index (κ3) is 3.70. The number of hydrogen-bond acceptors (Lipinski definition) is 4. The Hall–Kier alpha value is -3.18. The number of nitrogens with zero attached hydrogens (tertiary/aromatic N) is 1. The van der Waals surface area contributed by atoms with Gasteiger partial charge in [-0.15, -0.1) is 11.3 Å². The van der Waals surface area contributed by atoms with Crippen molar-refractivity contribution in [2.24, 2.45) is 0 Å². The van der Waals surface area contributed by atoms with Gasteiger partial charge in [-0.3, -0.25) is 14.5 Å². The molecule has 3 aromatic rings. The Labute approximate surface area is 186 Å². The van der Waals surface area contributed by atoms with Crippen molar-refractivity contribution < 1.29 is 14.7 Å². The van der Waals surface area contributed by atoms with Gasteiger partial charge < -0.3 is 5.11 Å². The summed E-state index contributed by atoms with van der Waals surface area (Å²) in [4.78, 5) is 28.7. The van der Waals surface area contributed by atoms with Crippen molar-refractivity contribution in [2.45, 2.75) is 39.7 Å². The Kier molecular flexibility index (Phi) is 5.54. The van der Waals surface area contributed by atoms with E-state index in [0.29, 0.717) is 17.2 Å². The predicted molar refractivity (Wildman–Crippen MR) is 126 cm³/mol. The van der Waals surface area contributed by atoms with Crippen LogP contribution in [-0.2, 0) is 9.59 Å². The number of aryl methyl sites for hydroxylation is 2. The first-order valence-electron chi connectivity index (χ1n) is 10.3. The Morgan fingerprint density at radius 2 is 1.74 bits per heavy atom. The minimum atomic E-state index is -0.662. The lowest BCUT2D eigenvalue weighted by molar-refractivity contribution is -0.132. The van der Waals surface area contributed by atoms with Crippen molar-refractivity contribution in [1.82, 2.24) is 0 Å². The number of anilines is 1. The van der Waals surface area contributed by atoms with E-state index in [4.69, 9.17) is 0 Å². The molecule has 4 nitrogen and oxygen atoms in total. The van der Waals surface area contributed by atoms with Gasteiger partial charge in [0, 0.05) is 16.1 Å². The number of aliphatic hydroxyl groups excluding tert-OH is 1. The van der Waals surface area contributed by atoms with Crippen molar-refractivity contribution in [3.05, 3.63) is 92.7 Å². The van der Waals surface area contributed by atoms with Crippen LogP contribution in [0.5, 0.6) is 0 Å². The van der Waals surface area contributed by atoms with E-state index in [0.717, 1.165) is 21.6 Å². The fraction of sp³-hybridized carbons (Fsp3) is 0.231. The third-order valence-electron chi connectivity index (χ3n) is 5.74. The second-order valence-electron chi connectivity index (χ2n) is 8.25. The van der Waals surface area contributed by atoms with E-state index in [1.807, 2.05) is 73.8 Å². The third-order valence-corrected chi connectivity index (χ3v) is 6.67. The maximum atomic E-state index is 13.2. The van der Waals surface area contributed by atoms with E-state index < -0.39 is 17.7 Å². The number of carbonyl (C=O) groups excluding carboxylic acids is 2. The molecule has 5 heteroatoms. The molecule has 2 aromatic carbocycles. The highest BCUT2D eigenvalue weighted by atomic mass is 32.1. The number of aliphatic hydroxyl groups is 1. The highest BCUT2D eigenvalue weighted by Gasteiger charge is 2.47. The molecule has 0 saturated carbocycles. The van der Waals surface area contributed by atoms with Crippen molar-refractivity contribution in [1.29, 1.82) is 0 Å². The SMILES string of the molecule is Cc1ccc(C)c(/C(O)=C2/C(=O)C(=O)N(c3ccc(C(C)C)cc3)C2c2cccs2)c1. The van der Waals surface area contributed by atoms with E-state index in [9.17, 15) is 14.7 Å². The van der Waals surface area contributed by atoms with Crippen LogP contribution in [0.3, 0.4) is 0 Å². The minimum absolute atomic E-state index is 0.126. The first-order chi connectivity index (χ1) is 14.8. The van der Waals surface area contributed by atoms with Gasteiger partial charge in [-0.1, -0.05) is 49.7 Å². The zero-order valence-corrected chi connectivity index (χ0v) is 18.9. The fourth-order valence-electron chi connectivity index (χ4n) is 3.97. The number of benzene rings is 2. The zero-order valence-electron chi connectivity index (χ0n) is 18.0. The van der Waals surface area contributed by atoms with Gasteiger partial charge in [-0.2, -0.15) is 0 Å². The topological polar surface area (TPSA) is 57.6 Å². The lowest BCUT2D eigenvalue weighted by atomic mass is 9.96. The van der Waals surface area contributed by atoms with Gasteiger partial charge in [0.2, 0.25) is 0 Å². The highest BCUT2D eigenvalue weighted by molar-refractivity contribution is 7.10. The molecule has 158 valence electrons. The Balaban J connectivity index is 1.91. The van der Waals surface area contributed by atoms with E-state index in [-0.39, 0.29) is 11.3 Å². The maximum absolute atomic E-state index is 13.2. The van der Waals surface area contributed by atoms with Gasteiger partial charge in [0.15, 0.2) is 0 Å². The highest BCUT2D eigenvalue weighted by Crippen LogP contribution is 2.44. The molecule has 0 radical (unpaired) electrons. The maximum Gasteiger partial charge on any atom is 0.300 e. The minimum Gasteiger partial charge on any atom is -0.507 e. The van der Waals surface area contributed by atoms with Crippen LogP contribution in [0.25, 0.3) is 5.76 Å². The van der Waals surface area contributed by atoms with E-state index in [1.54, 1.807) is 0 Å². The first-order valence-corrected chi connectivity index (χ1v) is 11.2. The fourth-order valence-corrected chi connectivity index (χ4v) is 4.79. The molecule has 1 unspecified atom stereocenters. The van der Waals surface area contributed by atoms with Crippen molar-refractivity contribution in [3.63, 3.8) is 0 Å². The number of ketones is 1. The number of Topliss-reactive ketones (excluding diaryl/α,β-unsaturated/α-hetero) is 1. The number of hydrogen-bond donors (Lipinski definition) is 1. The standard InChI is InChI=1S/C26H25NO3S/c1-15(2)18-9-11-19(12-10-18)27-23(21-6-5-13-31-21)22(25(29)26(27)30)24(28)20-14-16(3)7-8-17(20)4/h5-15,23,28H,1-4H3/b24-22-. The summed E-state index contributed by atoms with van der Waals surface area (Å²) in [5.41, 5.74) is 4.33. The second kappa shape index (κ2) is 8.16. The van der Waals surface area contributed by atoms with Crippen LogP contribution in [0, 0.1) is 13.8 Å². The summed E-state index contributed by atoms with van der Waals surface area (Å²) in [6, 6.07) is 16.5. The van der Waals surface area contributed by atoms with Crippen LogP contribution in [0.15, 0.2) is 65.6 Å². The molecule has 1 aliphatic heterocycles. The number of thiophene rings is 1. The van der Waals surface area contributed by atoms with Crippen LogP contribution < -0.4 is 4.90 Å². The summed E-state index contributed by atoms with van der Waals surface area (Å²) in [5.74, 6) is -1.05. The normalized spacial score (nSPS) is 18.2. The summed E-state index contributed by atoms with van der Waals surface area (Å²) in [6.07, 6.45) is 0. The van der Waals surface area contributed by atoms with Crippen LogP contribution in [-0.4, -0.2) is 16.8 Å². The molecule has 0 aliphatic carbocycles. The van der Waals surface area contributed by atoms with E-state index in [2.05, 4.69) is 13.8 Å². The molecule has 1 aliphatic rings. The van der Waals surface area contributed by atoms with Crippen LogP contribution in [0.1, 0.15) is 52.9 Å². The summed E-state index contributed by atoms with van der Waals surface area (Å²) in [5, 5.41) is 13.2. The second-order valence-corrected chi connectivity index (χ2v) is 9.23. The molecule has 1 saturated heterocycles. The number of carbonyl (C=O) groups is 2. The zero-order chi connectivity index (χ0) is 22.3. The Morgan fingerprint density at radius 1 is 1.03 bits per heavy atom. The number of rotatable bonds is 4. The largest absolute Gasteiger partial charge is 0.507 e. The molecule has 1 amide bonds. The van der Waals surface area contributed by atoms with Crippen molar-refractivity contribution in [2.75, 3.05) is 4.90 Å². The van der Waals surface area contributed by atoms with E-state index >= 15 is 0 Å². The van der Waals surface area contributed by atoms with Crippen LogP contribution in [0.4, 0.5) is 5.69 Å². The van der Waals surface area contributed by atoms with Gasteiger partial charge in [-0.25, -0.2) is 0 Å². The summed E-state index contributed by atoms with van der Waals surface area (Å²) < 4.78 is 0. The smallest absolute Gasteiger partial charge is 0.300 e. The van der Waals surface area contributed by atoms with Gasteiger partial charge in [0.25, 0.3) is 11.7 Å². The molecule has 1 fully saturated rings. The van der Waals surface area contributed by atoms with Gasteiger partial charge >= 0.3 is 0 Å². The molecule has 1 aromatic heterocycles.